The first kappa shape index (κ1) is 73.1. The zero-order chi connectivity index (χ0) is 55.7. The van der Waals surface area contributed by atoms with Crippen molar-refractivity contribution in [1.82, 2.24) is 0 Å². The fourth-order valence-corrected chi connectivity index (χ4v) is 9.01. The maximum Gasteiger partial charge on any atom is 0.306 e. The predicted octanol–water partition coefficient (Wildman–Crippen LogP) is 22.2. The van der Waals surface area contributed by atoms with Crippen LogP contribution in [0.4, 0.5) is 0 Å². The minimum atomic E-state index is -0.807. The van der Waals surface area contributed by atoms with Crippen molar-refractivity contribution in [3.05, 3.63) is 109 Å². The van der Waals surface area contributed by atoms with Crippen LogP contribution >= 0.6 is 0 Å². The maximum atomic E-state index is 12.9. The fourth-order valence-electron chi connectivity index (χ4n) is 9.01. The van der Waals surface area contributed by atoms with Gasteiger partial charge >= 0.3 is 17.9 Å². The molecule has 0 saturated heterocycles. The number of hydrogen-bond acceptors (Lipinski definition) is 6. The lowest BCUT2D eigenvalue weighted by Gasteiger charge is -2.18. The second-order valence-corrected chi connectivity index (χ2v) is 21.3. The fraction of sp³-hybridized carbons (Fsp3) is 0.704. The van der Waals surface area contributed by atoms with Crippen LogP contribution in [0.25, 0.3) is 0 Å². The molecule has 0 N–H and O–H groups in total. The van der Waals surface area contributed by atoms with Crippen molar-refractivity contribution >= 4 is 17.9 Å². The minimum absolute atomic E-state index is 0.0983. The van der Waals surface area contributed by atoms with E-state index >= 15 is 0 Å². The summed E-state index contributed by atoms with van der Waals surface area (Å²) in [4.78, 5) is 38.2. The maximum absolute atomic E-state index is 12.9. The average molecular weight is 1070 g/mol. The topological polar surface area (TPSA) is 78.9 Å². The molecule has 0 aromatic heterocycles. The molecular formula is C71H120O6. The molecule has 0 heterocycles. The summed E-state index contributed by atoms with van der Waals surface area (Å²) in [7, 11) is 0. The van der Waals surface area contributed by atoms with E-state index < -0.39 is 6.10 Å². The molecule has 0 spiro atoms. The molecule has 6 heteroatoms. The van der Waals surface area contributed by atoms with Crippen LogP contribution in [-0.2, 0) is 28.6 Å². The lowest BCUT2D eigenvalue weighted by Crippen LogP contribution is -2.30. The molecule has 0 aromatic carbocycles. The predicted molar refractivity (Wildman–Crippen MR) is 334 cm³/mol. The molecule has 0 aromatic rings. The first-order chi connectivity index (χ1) is 38.0. The van der Waals surface area contributed by atoms with E-state index in [2.05, 4.69) is 124 Å². The molecule has 1 atom stereocenters. The van der Waals surface area contributed by atoms with Gasteiger partial charge in [-0.2, -0.15) is 0 Å². The van der Waals surface area contributed by atoms with Crippen LogP contribution in [0.2, 0.25) is 0 Å². The summed E-state index contributed by atoms with van der Waals surface area (Å²) >= 11 is 0. The number of carbonyl (C=O) groups is 3. The summed E-state index contributed by atoms with van der Waals surface area (Å²) in [5, 5.41) is 0. The lowest BCUT2D eigenvalue weighted by atomic mass is 10.0. The Morgan fingerprint density at radius 1 is 0.273 bits per heavy atom. The van der Waals surface area contributed by atoms with Crippen molar-refractivity contribution in [2.75, 3.05) is 13.2 Å². The van der Waals surface area contributed by atoms with Crippen LogP contribution in [0.5, 0.6) is 0 Å². The zero-order valence-corrected chi connectivity index (χ0v) is 50.4. The van der Waals surface area contributed by atoms with Gasteiger partial charge in [0.2, 0.25) is 0 Å². The Morgan fingerprint density at radius 2 is 0.532 bits per heavy atom. The van der Waals surface area contributed by atoms with Crippen LogP contribution in [0.3, 0.4) is 0 Å². The number of carbonyl (C=O) groups excluding carboxylic acids is 3. The zero-order valence-electron chi connectivity index (χ0n) is 50.4. The third kappa shape index (κ3) is 62.8. The number of rotatable bonds is 58. The Hall–Kier alpha value is -3.93. The van der Waals surface area contributed by atoms with E-state index in [1.54, 1.807) is 0 Å². The highest BCUT2D eigenvalue weighted by atomic mass is 16.6. The van der Waals surface area contributed by atoms with Crippen molar-refractivity contribution in [1.29, 1.82) is 0 Å². The SMILES string of the molecule is CC/C=C\C/C=C\C/C=C\C/C=C\C/C=C\CCCCCCCCCCCCCCCC(=O)OCC(COC(=O)CC/C=C\C/C=C\C/C=C\C/C=C\CC)OC(=O)CCCCCCCCCCCCCCCCCCC. The standard InChI is InChI=1S/C71H120O6/c1-4-7-10-13-16-19-22-25-27-29-30-31-32-33-34-35-36-37-38-39-40-42-43-46-49-52-55-58-61-64-70(73)76-67-68(66-75-69(72)63-60-57-54-51-48-45-24-21-18-15-12-9-6-3)77-71(74)65-62-59-56-53-50-47-44-41-28-26-23-20-17-14-11-8-5-2/h7,9-10,12,16,18-19,21,25,27,30-31,33-34,45,48,54,57,68H,4-6,8,11,13-15,17,20,22-24,26,28-29,32,35-44,46-47,49-53,55-56,58-67H2,1-3H3/b10-7-,12-9-,19-16-,21-18-,27-25-,31-30-,34-33-,48-45-,57-54-. The molecule has 0 aliphatic carbocycles. The van der Waals surface area contributed by atoms with Crippen molar-refractivity contribution in [2.24, 2.45) is 0 Å². The highest BCUT2D eigenvalue weighted by Gasteiger charge is 2.19. The van der Waals surface area contributed by atoms with Gasteiger partial charge in [0.15, 0.2) is 6.10 Å². The quantitative estimate of drug-likeness (QED) is 0.0261. The summed E-state index contributed by atoms with van der Waals surface area (Å²) in [6, 6.07) is 0. The highest BCUT2D eigenvalue weighted by molar-refractivity contribution is 5.71. The smallest absolute Gasteiger partial charge is 0.306 e. The third-order valence-corrected chi connectivity index (χ3v) is 13.8. The van der Waals surface area contributed by atoms with Crippen LogP contribution < -0.4 is 0 Å². The van der Waals surface area contributed by atoms with E-state index in [0.717, 1.165) is 96.3 Å². The molecule has 0 amide bonds. The molecule has 0 aliphatic rings. The van der Waals surface area contributed by atoms with Gasteiger partial charge in [-0.15, -0.1) is 0 Å². The van der Waals surface area contributed by atoms with E-state index in [4.69, 9.17) is 14.2 Å². The van der Waals surface area contributed by atoms with Gasteiger partial charge in [0, 0.05) is 19.3 Å². The molecule has 0 radical (unpaired) electrons. The van der Waals surface area contributed by atoms with Gasteiger partial charge < -0.3 is 14.2 Å². The van der Waals surface area contributed by atoms with Gasteiger partial charge in [0.25, 0.3) is 0 Å². The number of esters is 3. The van der Waals surface area contributed by atoms with Crippen molar-refractivity contribution in [2.45, 2.75) is 309 Å². The normalized spacial score (nSPS) is 12.8. The van der Waals surface area contributed by atoms with E-state index in [-0.39, 0.29) is 37.5 Å². The van der Waals surface area contributed by atoms with Crippen molar-refractivity contribution < 1.29 is 28.6 Å². The summed E-state index contributed by atoms with van der Waals surface area (Å²) in [5.74, 6) is -0.974. The molecule has 0 saturated carbocycles. The van der Waals surface area contributed by atoms with Crippen LogP contribution in [0.15, 0.2) is 109 Å². The number of allylic oxidation sites excluding steroid dienone is 18. The Morgan fingerprint density at radius 3 is 0.870 bits per heavy atom. The van der Waals surface area contributed by atoms with Gasteiger partial charge in [-0.3, -0.25) is 14.4 Å². The van der Waals surface area contributed by atoms with E-state index in [9.17, 15) is 14.4 Å². The summed E-state index contributed by atoms with van der Waals surface area (Å²) in [5.41, 5.74) is 0. The molecule has 1 unspecified atom stereocenters. The molecule has 6 nitrogen and oxygen atoms in total. The second-order valence-electron chi connectivity index (χ2n) is 21.3. The highest BCUT2D eigenvalue weighted by Crippen LogP contribution is 2.17. The number of hydrogen-bond donors (Lipinski definition) is 0. The third-order valence-electron chi connectivity index (χ3n) is 13.8. The van der Waals surface area contributed by atoms with Gasteiger partial charge in [0.05, 0.1) is 0 Å². The van der Waals surface area contributed by atoms with Crippen LogP contribution in [0, 0.1) is 0 Å². The molecular weight excluding hydrogens is 949 g/mol. The Labute approximate surface area is 476 Å². The van der Waals surface area contributed by atoms with E-state index in [1.165, 1.54) is 161 Å². The second kappa shape index (κ2) is 64.6. The van der Waals surface area contributed by atoms with E-state index in [1.807, 2.05) is 6.08 Å². The number of unbranched alkanes of at least 4 members (excludes halogenated alkanes) is 29. The van der Waals surface area contributed by atoms with Gasteiger partial charge in [-0.25, -0.2) is 0 Å². The summed E-state index contributed by atoms with van der Waals surface area (Å²) < 4.78 is 16.8. The Balaban J connectivity index is 4.28. The van der Waals surface area contributed by atoms with Crippen molar-refractivity contribution in [3.8, 4) is 0 Å². The number of ether oxygens (including phenoxy) is 3. The molecule has 0 bridgehead atoms. The van der Waals surface area contributed by atoms with Crippen LogP contribution in [-0.4, -0.2) is 37.2 Å². The van der Waals surface area contributed by atoms with Crippen molar-refractivity contribution in [3.63, 3.8) is 0 Å². The average Bonchev–Trinajstić information content (AvgIpc) is 3.43. The van der Waals surface area contributed by atoms with Gasteiger partial charge in [-0.05, 0) is 89.9 Å². The first-order valence-corrected chi connectivity index (χ1v) is 32.4. The summed E-state index contributed by atoms with van der Waals surface area (Å²) in [6.07, 6.45) is 88.3. The molecule has 77 heavy (non-hydrogen) atoms. The first-order valence-electron chi connectivity index (χ1n) is 32.4. The minimum Gasteiger partial charge on any atom is -0.462 e. The van der Waals surface area contributed by atoms with Crippen LogP contribution in [0.1, 0.15) is 303 Å². The largest absolute Gasteiger partial charge is 0.462 e. The molecule has 0 fully saturated rings. The monoisotopic (exact) mass is 1070 g/mol. The van der Waals surface area contributed by atoms with Gasteiger partial charge in [-0.1, -0.05) is 304 Å². The molecule has 0 aliphatic heterocycles. The molecule has 0 rings (SSSR count). The Bertz CT molecular complexity index is 1560. The van der Waals surface area contributed by atoms with E-state index in [0.29, 0.717) is 19.3 Å². The Kier molecular flexibility index (Phi) is 61.3. The lowest BCUT2D eigenvalue weighted by molar-refractivity contribution is -0.166. The molecule has 440 valence electrons. The summed E-state index contributed by atoms with van der Waals surface area (Å²) in [6.45, 7) is 6.37. The van der Waals surface area contributed by atoms with Gasteiger partial charge in [0.1, 0.15) is 13.2 Å².